The lowest BCUT2D eigenvalue weighted by Gasteiger charge is -2.09. The highest BCUT2D eigenvalue weighted by atomic mass is 16.5. The molecule has 0 saturated carbocycles. The van der Waals surface area contributed by atoms with E-state index in [0.29, 0.717) is 29.4 Å². The van der Waals surface area contributed by atoms with Crippen molar-refractivity contribution < 1.29 is 9.26 Å². The lowest BCUT2D eigenvalue weighted by atomic mass is 9.99. The second-order valence-electron chi connectivity index (χ2n) is 7.16. The average molecular weight is 390 g/mol. The molecule has 2 atom stereocenters. The van der Waals surface area contributed by atoms with E-state index in [1.54, 1.807) is 6.07 Å². The molecule has 1 aliphatic rings. The summed E-state index contributed by atoms with van der Waals surface area (Å²) in [6, 6.07) is 9.94. The third-order valence-electron chi connectivity index (χ3n) is 5.11. The van der Waals surface area contributed by atoms with Gasteiger partial charge in [0.05, 0.1) is 24.3 Å². The summed E-state index contributed by atoms with van der Waals surface area (Å²) in [5, 5.41) is 12.1. The van der Waals surface area contributed by atoms with Gasteiger partial charge in [-0.3, -0.25) is 9.36 Å². The van der Waals surface area contributed by atoms with Gasteiger partial charge in [0, 0.05) is 5.92 Å². The Kier molecular flexibility index (Phi) is 4.36. The second kappa shape index (κ2) is 7.17. The van der Waals surface area contributed by atoms with E-state index in [4.69, 9.17) is 9.26 Å². The van der Waals surface area contributed by atoms with Gasteiger partial charge in [0.1, 0.15) is 12.9 Å². The summed E-state index contributed by atoms with van der Waals surface area (Å²) < 4.78 is 12.7. The molecule has 1 fully saturated rings. The Morgan fingerprint density at radius 2 is 2.07 bits per heavy atom. The Morgan fingerprint density at radius 1 is 1.21 bits per heavy atom. The largest absolute Gasteiger partial charge is 0.373 e. The molecule has 1 aromatic carbocycles. The zero-order valence-corrected chi connectivity index (χ0v) is 15.7. The first kappa shape index (κ1) is 17.6. The summed E-state index contributed by atoms with van der Waals surface area (Å²) in [7, 11) is 0. The Labute approximate surface area is 165 Å². The SMILES string of the molecule is Cc1ccc([C@H]2C[C@H](c3noc(Cn4cnc5nnccc5c4=O)n3)CO2)cc1. The molecule has 9 heteroatoms. The van der Waals surface area contributed by atoms with Crippen LogP contribution in [0.3, 0.4) is 0 Å². The fourth-order valence-electron chi connectivity index (χ4n) is 3.49. The highest BCUT2D eigenvalue weighted by Gasteiger charge is 2.31. The van der Waals surface area contributed by atoms with Gasteiger partial charge in [-0.05, 0) is 25.0 Å². The summed E-state index contributed by atoms with van der Waals surface area (Å²) in [5.41, 5.74) is 2.45. The van der Waals surface area contributed by atoms with Crippen LogP contribution in [0.5, 0.6) is 0 Å². The van der Waals surface area contributed by atoms with E-state index in [0.717, 1.165) is 12.0 Å². The van der Waals surface area contributed by atoms with Gasteiger partial charge in [-0.25, -0.2) is 4.98 Å². The molecule has 3 aromatic heterocycles. The van der Waals surface area contributed by atoms with Gasteiger partial charge in [0.15, 0.2) is 11.5 Å². The molecule has 146 valence electrons. The van der Waals surface area contributed by atoms with Gasteiger partial charge >= 0.3 is 0 Å². The third kappa shape index (κ3) is 3.40. The highest BCUT2D eigenvalue weighted by Crippen LogP contribution is 2.37. The van der Waals surface area contributed by atoms with E-state index >= 15 is 0 Å². The minimum atomic E-state index is -0.228. The maximum Gasteiger partial charge on any atom is 0.263 e. The molecule has 0 aliphatic carbocycles. The van der Waals surface area contributed by atoms with Crippen LogP contribution in [-0.4, -0.2) is 36.5 Å². The van der Waals surface area contributed by atoms with Crippen molar-refractivity contribution in [2.45, 2.75) is 31.9 Å². The number of nitrogens with zero attached hydrogens (tertiary/aromatic N) is 6. The van der Waals surface area contributed by atoms with Crippen LogP contribution in [-0.2, 0) is 11.3 Å². The number of aromatic nitrogens is 6. The normalized spacial score (nSPS) is 19.1. The summed E-state index contributed by atoms with van der Waals surface area (Å²) in [4.78, 5) is 21.2. The summed E-state index contributed by atoms with van der Waals surface area (Å²) in [5.74, 6) is 1.01. The van der Waals surface area contributed by atoms with Crippen molar-refractivity contribution in [3.63, 3.8) is 0 Å². The molecule has 5 rings (SSSR count). The first-order valence-corrected chi connectivity index (χ1v) is 9.35. The van der Waals surface area contributed by atoms with E-state index in [-0.39, 0.29) is 24.1 Å². The molecule has 4 aromatic rings. The Balaban J connectivity index is 1.32. The zero-order valence-electron chi connectivity index (χ0n) is 15.7. The molecule has 0 spiro atoms. The van der Waals surface area contributed by atoms with Gasteiger partial charge in [-0.15, -0.1) is 5.10 Å². The van der Waals surface area contributed by atoms with Crippen LogP contribution in [0.25, 0.3) is 11.0 Å². The molecular formula is C20H18N6O3. The van der Waals surface area contributed by atoms with Crippen LogP contribution in [0, 0.1) is 6.92 Å². The van der Waals surface area contributed by atoms with Crippen molar-refractivity contribution >= 4 is 11.0 Å². The third-order valence-corrected chi connectivity index (χ3v) is 5.11. The van der Waals surface area contributed by atoms with Crippen molar-refractivity contribution in [1.82, 2.24) is 29.9 Å². The Hall–Kier alpha value is -3.46. The van der Waals surface area contributed by atoms with Crippen LogP contribution in [0.15, 0.2) is 52.2 Å². The van der Waals surface area contributed by atoms with Gasteiger partial charge < -0.3 is 9.26 Å². The molecule has 0 amide bonds. The van der Waals surface area contributed by atoms with Gasteiger partial charge in [0.2, 0.25) is 5.89 Å². The minimum absolute atomic E-state index is 0.0240. The van der Waals surface area contributed by atoms with Crippen molar-refractivity contribution in [2.24, 2.45) is 0 Å². The van der Waals surface area contributed by atoms with E-state index in [1.807, 2.05) is 0 Å². The lowest BCUT2D eigenvalue weighted by Crippen LogP contribution is -2.21. The average Bonchev–Trinajstić information content (AvgIpc) is 3.41. The summed E-state index contributed by atoms with van der Waals surface area (Å²) in [6.07, 6.45) is 3.69. The van der Waals surface area contributed by atoms with Crippen molar-refractivity contribution in [3.05, 3.63) is 76.1 Å². The molecular weight excluding hydrogens is 372 g/mol. The number of ether oxygens (including phenoxy) is 1. The maximum atomic E-state index is 12.6. The first-order chi connectivity index (χ1) is 14.2. The van der Waals surface area contributed by atoms with Crippen LogP contribution in [0.1, 0.15) is 41.3 Å². The monoisotopic (exact) mass is 390 g/mol. The summed E-state index contributed by atoms with van der Waals surface area (Å²) >= 11 is 0. The lowest BCUT2D eigenvalue weighted by molar-refractivity contribution is 0.110. The summed E-state index contributed by atoms with van der Waals surface area (Å²) in [6.45, 7) is 2.74. The molecule has 1 aliphatic heterocycles. The van der Waals surface area contributed by atoms with Gasteiger partial charge in [-0.2, -0.15) is 10.1 Å². The molecule has 4 heterocycles. The van der Waals surface area contributed by atoms with Crippen molar-refractivity contribution in [3.8, 4) is 0 Å². The number of aryl methyl sites for hydroxylation is 1. The van der Waals surface area contributed by atoms with Crippen molar-refractivity contribution in [2.75, 3.05) is 6.61 Å². The number of hydrogen-bond donors (Lipinski definition) is 0. The van der Waals surface area contributed by atoms with E-state index in [1.165, 1.54) is 22.7 Å². The number of benzene rings is 1. The van der Waals surface area contributed by atoms with Crippen LogP contribution < -0.4 is 5.56 Å². The van der Waals surface area contributed by atoms with Gasteiger partial charge in [-0.1, -0.05) is 35.0 Å². The van der Waals surface area contributed by atoms with Crippen LogP contribution in [0.2, 0.25) is 0 Å². The second-order valence-corrected chi connectivity index (χ2v) is 7.16. The fraction of sp³-hybridized carbons (Fsp3) is 0.300. The molecule has 0 bridgehead atoms. The minimum Gasteiger partial charge on any atom is -0.373 e. The molecule has 29 heavy (non-hydrogen) atoms. The highest BCUT2D eigenvalue weighted by molar-refractivity contribution is 5.71. The van der Waals surface area contributed by atoms with E-state index in [2.05, 4.69) is 56.5 Å². The zero-order chi connectivity index (χ0) is 19.8. The molecule has 0 N–H and O–H groups in total. The first-order valence-electron chi connectivity index (χ1n) is 9.35. The Bertz CT molecular complexity index is 1220. The number of hydrogen-bond acceptors (Lipinski definition) is 8. The maximum absolute atomic E-state index is 12.6. The molecule has 9 nitrogen and oxygen atoms in total. The quantitative estimate of drug-likeness (QED) is 0.522. The smallest absolute Gasteiger partial charge is 0.263 e. The Morgan fingerprint density at radius 3 is 2.93 bits per heavy atom. The topological polar surface area (TPSA) is 109 Å². The van der Waals surface area contributed by atoms with Crippen LogP contribution >= 0.6 is 0 Å². The van der Waals surface area contributed by atoms with Crippen molar-refractivity contribution in [1.29, 1.82) is 0 Å². The van der Waals surface area contributed by atoms with E-state index < -0.39 is 0 Å². The predicted molar refractivity (Wildman–Crippen MR) is 102 cm³/mol. The standard InChI is InChI=1S/C20H18N6O3/c1-12-2-4-13(5-3-12)16-8-14(10-28-16)18-23-17(29-25-18)9-26-11-21-19-15(20(26)27)6-7-22-24-19/h2-7,11,14,16H,8-10H2,1H3/t14-,16+/m0/s1. The fourth-order valence-corrected chi connectivity index (χ4v) is 3.49. The molecule has 0 radical (unpaired) electrons. The van der Waals surface area contributed by atoms with Crippen LogP contribution in [0.4, 0.5) is 0 Å². The number of rotatable bonds is 4. The van der Waals surface area contributed by atoms with Gasteiger partial charge in [0.25, 0.3) is 5.56 Å². The predicted octanol–water partition coefficient (Wildman–Crippen LogP) is 2.17. The molecule has 1 saturated heterocycles. The molecule has 0 unspecified atom stereocenters. The van der Waals surface area contributed by atoms with E-state index in [9.17, 15) is 4.79 Å². The number of fused-ring (bicyclic) bond motifs is 1.